The fourth-order valence-corrected chi connectivity index (χ4v) is 0.575. The third kappa shape index (κ3) is 1.19. The number of hydrogen-bond donors (Lipinski definition) is 1. The molecule has 1 aromatic rings. The molecule has 1 heterocycles. The summed E-state index contributed by atoms with van der Waals surface area (Å²) < 4.78 is 28.9. The SMILES string of the molecule is COc1c(F)c(F)n[nH]c1=O. The number of aromatic nitrogens is 2. The van der Waals surface area contributed by atoms with Crippen LogP contribution >= 0.6 is 0 Å². The molecule has 0 bridgehead atoms. The Balaban J connectivity index is 3.41. The van der Waals surface area contributed by atoms with Gasteiger partial charge in [-0.2, -0.15) is 8.78 Å². The van der Waals surface area contributed by atoms with Crippen LogP contribution in [0.1, 0.15) is 0 Å². The van der Waals surface area contributed by atoms with Crippen molar-refractivity contribution < 1.29 is 13.5 Å². The van der Waals surface area contributed by atoms with Crippen molar-refractivity contribution in [3.05, 3.63) is 22.1 Å². The number of hydrogen-bond acceptors (Lipinski definition) is 3. The van der Waals surface area contributed by atoms with Crippen LogP contribution in [0.3, 0.4) is 0 Å². The molecule has 0 aliphatic heterocycles. The average molecular weight is 162 g/mol. The number of methoxy groups -OCH3 is 1. The summed E-state index contributed by atoms with van der Waals surface area (Å²) in [6.45, 7) is 0. The van der Waals surface area contributed by atoms with Gasteiger partial charge in [0.15, 0.2) is 0 Å². The van der Waals surface area contributed by atoms with Crippen LogP contribution in [0.5, 0.6) is 5.75 Å². The lowest BCUT2D eigenvalue weighted by atomic mass is 10.5. The molecule has 0 aromatic carbocycles. The first-order valence-corrected chi connectivity index (χ1v) is 2.64. The van der Waals surface area contributed by atoms with Crippen molar-refractivity contribution in [1.29, 1.82) is 0 Å². The maximum Gasteiger partial charge on any atom is 0.309 e. The Morgan fingerprint density at radius 3 is 2.64 bits per heavy atom. The van der Waals surface area contributed by atoms with E-state index in [-0.39, 0.29) is 0 Å². The van der Waals surface area contributed by atoms with E-state index in [1.165, 1.54) is 0 Å². The van der Waals surface area contributed by atoms with Crippen LogP contribution in [-0.4, -0.2) is 17.3 Å². The van der Waals surface area contributed by atoms with Gasteiger partial charge in [0.2, 0.25) is 11.6 Å². The molecule has 4 nitrogen and oxygen atoms in total. The maximum atomic E-state index is 12.5. The molecule has 6 heteroatoms. The summed E-state index contributed by atoms with van der Waals surface area (Å²) in [4.78, 5) is 10.6. The molecule has 1 aromatic heterocycles. The smallest absolute Gasteiger partial charge is 0.309 e. The van der Waals surface area contributed by atoms with Crippen LogP contribution in [0.4, 0.5) is 8.78 Å². The fraction of sp³-hybridized carbons (Fsp3) is 0.200. The van der Waals surface area contributed by atoms with Gasteiger partial charge in [-0.15, -0.1) is 5.10 Å². The quantitative estimate of drug-likeness (QED) is 0.635. The zero-order chi connectivity index (χ0) is 8.43. The third-order valence-electron chi connectivity index (χ3n) is 1.05. The second kappa shape index (κ2) is 2.65. The lowest BCUT2D eigenvalue weighted by Gasteiger charge is -1.97. The van der Waals surface area contributed by atoms with Gasteiger partial charge in [-0.3, -0.25) is 4.79 Å². The van der Waals surface area contributed by atoms with E-state index in [1.54, 1.807) is 5.10 Å². The van der Waals surface area contributed by atoms with Crippen LogP contribution < -0.4 is 10.3 Å². The lowest BCUT2D eigenvalue weighted by Crippen LogP contribution is -2.15. The highest BCUT2D eigenvalue weighted by Gasteiger charge is 2.13. The van der Waals surface area contributed by atoms with Gasteiger partial charge >= 0.3 is 5.56 Å². The highest BCUT2D eigenvalue weighted by Crippen LogP contribution is 2.09. The van der Waals surface area contributed by atoms with Crippen molar-refractivity contribution in [3.63, 3.8) is 0 Å². The normalized spacial score (nSPS) is 9.73. The van der Waals surface area contributed by atoms with Gasteiger partial charge in [-0.1, -0.05) is 0 Å². The Morgan fingerprint density at radius 1 is 1.55 bits per heavy atom. The molecule has 0 aliphatic rings. The van der Waals surface area contributed by atoms with Crippen LogP contribution in [0.25, 0.3) is 0 Å². The van der Waals surface area contributed by atoms with Gasteiger partial charge in [0, 0.05) is 0 Å². The predicted molar refractivity (Wildman–Crippen MR) is 31.3 cm³/mol. The summed E-state index contributed by atoms with van der Waals surface area (Å²) in [6, 6.07) is 0. The van der Waals surface area contributed by atoms with Crippen LogP contribution in [0, 0.1) is 11.8 Å². The Labute approximate surface area is 59.8 Å². The number of ether oxygens (including phenoxy) is 1. The molecule has 0 fully saturated rings. The molecule has 0 amide bonds. The molecule has 0 radical (unpaired) electrons. The summed E-state index contributed by atoms with van der Waals surface area (Å²) in [7, 11) is 1.06. The topological polar surface area (TPSA) is 55.0 Å². The van der Waals surface area contributed by atoms with Crippen molar-refractivity contribution in [2.75, 3.05) is 7.11 Å². The Bertz CT molecular complexity index is 323. The van der Waals surface area contributed by atoms with E-state index in [4.69, 9.17) is 0 Å². The summed E-state index contributed by atoms with van der Waals surface area (Å²) in [6.07, 6.45) is 0. The van der Waals surface area contributed by atoms with Crippen molar-refractivity contribution in [2.45, 2.75) is 0 Å². The van der Waals surface area contributed by atoms with Crippen LogP contribution in [0.2, 0.25) is 0 Å². The van der Waals surface area contributed by atoms with E-state index in [2.05, 4.69) is 9.84 Å². The van der Waals surface area contributed by atoms with Gasteiger partial charge < -0.3 is 4.74 Å². The number of nitrogens with one attached hydrogen (secondary N) is 1. The highest BCUT2D eigenvalue weighted by molar-refractivity contribution is 5.16. The minimum atomic E-state index is -1.39. The van der Waals surface area contributed by atoms with Crippen molar-refractivity contribution in [3.8, 4) is 5.75 Å². The largest absolute Gasteiger partial charge is 0.489 e. The molecule has 0 unspecified atom stereocenters. The standard InChI is InChI=1S/C5H4F2N2O2/c1-11-3-2(6)4(7)8-9-5(3)10/h1H3,(H,9,10). The molecule has 0 atom stereocenters. The summed E-state index contributed by atoms with van der Waals surface area (Å²) >= 11 is 0. The first-order valence-electron chi connectivity index (χ1n) is 2.64. The van der Waals surface area contributed by atoms with E-state index in [9.17, 15) is 13.6 Å². The molecule has 0 aliphatic carbocycles. The Morgan fingerprint density at radius 2 is 2.18 bits per heavy atom. The Kier molecular flexibility index (Phi) is 1.84. The first kappa shape index (κ1) is 7.64. The molecular formula is C5H4F2N2O2. The van der Waals surface area contributed by atoms with Crippen molar-refractivity contribution in [1.82, 2.24) is 10.2 Å². The minimum absolute atomic E-state index is 0.697. The molecule has 0 saturated heterocycles. The van der Waals surface area contributed by atoms with Gasteiger partial charge in [0.25, 0.3) is 5.95 Å². The van der Waals surface area contributed by atoms with Gasteiger partial charge in [-0.25, -0.2) is 5.10 Å². The summed E-state index contributed by atoms with van der Waals surface area (Å²) in [5, 5.41) is 4.44. The second-order valence-electron chi connectivity index (χ2n) is 1.69. The van der Waals surface area contributed by atoms with E-state index < -0.39 is 23.1 Å². The summed E-state index contributed by atoms with van der Waals surface area (Å²) in [5.74, 6) is -3.46. The van der Waals surface area contributed by atoms with E-state index in [0.717, 1.165) is 7.11 Å². The molecular weight excluding hydrogens is 158 g/mol. The van der Waals surface area contributed by atoms with Crippen molar-refractivity contribution >= 4 is 0 Å². The fourth-order valence-electron chi connectivity index (χ4n) is 0.575. The zero-order valence-corrected chi connectivity index (χ0v) is 5.52. The first-order chi connectivity index (χ1) is 5.16. The van der Waals surface area contributed by atoms with E-state index in [0.29, 0.717) is 0 Å². The molecule has 0 spiro atoms. The number of H-pyrrole nitrogens is 1. The summed E-state index contributed by atoms with van der Waals surface area (Å²) in [5.41, 5.74) is -0.897. The molecule has 0 saturated carbocycles. The number of nitrogens with zero attached hydrogens (tertiary/aromatic N) is 1. The second-order valence-corrected chi connectivity index (χ2v) is 1.69. The number of aromatic amines is 1. The van der Waals surface area contributed by atoms with Gasteiger partial charge in [0.05, 0.1) is 7.11 Å². The highest BCUT2D eigenvalue weighted by atomic mass is 19.2. The van der Waals surface area contributed by atoms with Crippen LogP contribution in [0.15, 0.2) is 4.79 Å². The van der Waals surface area contributed by atoms with Gasteiger partial charge in [-0.05, 0) is 0 Å². The molecule has 11 heavy (non-hydrogen) atoms. The Hall–Kier alpha value is -1.46. The van der Waals surface area contributed by atoms with Gasteiger partial charge in [0.1, 0.15) is 0 Å². The number of rotatable bonds is 1. The molecule has 1 rings (SSSR count). The third-order valence-corrected chi connectivity index (χ3v) is 1.05. The zero-order valence-electron chi connectivity index (χ0n) is 5.52. The minimum Gasteiger partial charge on any atom is -0.489 e. The number of halogens is 2. The van der Waals surface area contributed by atoms with Crippen LogP contribution in [-0.2, 0) is 0 Å². The predicted octanol–water partition coefficient (Wildman–Crippen LogP) is 0.0567. The lowest BCUT2D eigenvalue weighted by molar-refractivity contribution is 0.352. The van der Waals surface area contributed by atoms with Crippen molar-refractivity contribution in [2.24, 2.45) is 0 Å². The van der Waals surface area contributed by atoms with E-state index in [1.807, 2.05) is 0 Å². The average Bonchev–Trinajstić information content (AvgIpc) is 1.99. The van der Waals surface area contributed by atoms with E-state index >= 15 is 0 Å². The molecule has 60 valence electrons. The molecule has 1 N–H and O–H groups in total. The maximum absolute atomic E-state index is 12.5. The monoisotopic (exact) mass is 162 g/mol.